The lowest BCUT2D eigenvalue weighted by Crippen LogP contribution is -2.55. The fourth-order valence-electron chi connectivity index (χ4n) is 3.51. The number of amides is 1. The van der Waals surface area contributed by atoms with E-state index < -0.39 is 48.9 Å². The molecule has 3 rings (SSSR count). The van der Waals surface area contributed by atoms with Crippen LogP contribution in [0.1, 0.15) is 11.1 Å². The van der Waals surface area contributed by atoms with E-state index in [1.165, 1.54) is 18.2 Å². The Labute approximate surface area is 164 Å². The van der Waals surface area contributed by atoms with Crippen molar-refractivity contribution in [1.29, 1.82) is 0 Å². The standard InChI is InChI=1S/C20H19F4NO4/c21-16-9-5-4-8-14(16)19(12-29-17(15(19)10-26)20(22,23)24)25-18(27)28-11-13-6-2-1-3-7-13/h1-9,15,17,26H,10-12H2,(H,25,27)/t15-,17+,19-/m1/s1. The predicted octanol–water partition coefficient (Wildman–Crippen LogP) is 3.52. The molecule has 0 aliphatic carbocycles. The maximum absolute atomic E-state index is 14.5. The summed E-state index contributed by atoms with van der Waals surface area (Å²) in [6, 6.07) is 13.7. The topological polar surface area (TPSA) is 67.8 Å². The van der Waals surface area contributed by atoms with Crippen LogP contribution in [0.15, 0.2) is 54.6 Å². The molecule has 0 radical (unpaired) electrons. The first-order valence-electron chi connectivity index (χ1n) is 8.81. The highest BCUT2D eigenvalue weighted by molar-refractivity contribution is 5.69. The third-order valence-electron chi connectivity index (χ3n) is 4.90. The molecule has 2 aromatic rings. The van der Waals surface area contributed by atoms with Crippen molar-refractivity contribution in [3.63, 3.8) is 0 Å². The van der Waals surface area contributed by atoms with E-state index in [4.69, 9.17) is 9.47 Å². The molecule has 3 atom stereocenters. The first kappa shape index (κ1) is 21.1. The van der Waals surface area contributed by atoms with Crippen molar-refractivity contribution in [3.8, 4) is 0 Å². The molecule has 29 heavy (non-hydrogen) atoms. The molecule has 0 aromatic heterocycles. The summed E-state index contributed by atoms with van der Waals surface area (Å²) in [6.07, 6.45) is -8.24. The van der Waals surface area contributed by atoms with Crippen molar-refractivity contribution in [2.75, 3.05) is 13.2 Å². The first-order chi connectivity index (χ1) is 13.8. The molecule has 0 spiro atoms. The zero-order valence-electron chi connectivity index (χ0n) is 15.2. The highest BCUT2D eigenvalue weighted by Gasteiger charge is 2.61. The fraction of sp³-hybridized carbons (Fsp3) is 0.350. The van der Waals surface area contributed by atoms with Gasteiger partial charge in [0.25, 0.3) is 0 Å². The van der Waals surface area contributed by atoms with Crippen molar-refractivity contribution in [3.05, 3.63) is 71.5 Å². The molecule has 156 valence electrons. The zero-order valence-corrected chi connectivity index (χ0v) is 15.2. The van der Waals surface area contributed by atoms with E-state index in [-0.39, 0.29) is 12.2 Å². The summed E-state index contributed by atoms with van der Waals surface area (Å²) in [7, 11) is 0. The highest BCUT2D eigenvalue weighted by Crippen LogP contribution is 2.45. The smallest absolute Gasteiger partial charge is 0.415 e. The van der Waals surface area contributed by atoms with Crippen LogP contribution >= 0.6 is 0 Å². The minimum absolute atomic E-state index is 0.132. The minimum atomic E-state index is -4.81. The maximum atomic E-state index is 14.5. The molecule has 0 saturated carbocycles. The van der Waals surface area contributed by atoms with E-state index in [1.54, 1.807) is 30.3 Å². The Morgan fingerprint density at radius 2 is 1.83 bits per heavy atom. The number of alkyl halides is 3. The molecule has 1 heterocycles. The summed E-state index contributed by atoms with van der Waals surface area (Å²) < 4.78 is 64.7. The number of hydrogen-bond donors (Lipinski definition) is 2. The van der Waals surface area contributed by atoms with Gasteiger partial charge >= 0.3 is 12.3 Å². The second kappa shape index (κ2) is 8.38. The monoisotopic (exact) mass is 413 g/mol. The molecule has 1 amide bonds. The number of benzene rings is 2. The molecule has 0 bridgehead atoms. The van der Waals surface area contributed by atoms with Crippen molar-refractivity contribution in [1.82, 2.24) is 5.32 Å². The number of hydrogen-bond acceptors (Lipinski definition) is 4. The van der Waals surface area contributed by atoms with E-state index in [0.717, 1.165) is 6.07 Å². The van der Waals surface area contributed by atoms with Gasteiger partial charge in [0.2, 0.25) is 0 Å². The molecule has 9 heteroatoms. The normalized spacial score (nSPS) is 24.3. The van der Waals surface area contributed by atoms with Crippen LogP contribution in [-0.2, 0) is 21.6 Å². The molecule has 2 N–H and O–H groups in total. The number of nitrogens with one attached hydrogen (secondary N) is 1. The minimum Gasteiger partial charge on any atom is -0.445 e. The molecule has 5 nitrogen and oxygen atoms in total. The first-order valence-corrected chi connectivity index (χ1v) is 8.81. The largest absolute Gasteiger partial charge is 0.445 e. The van der Waals surface area contributed by atoms with Gasteiger partial charge in [-0.05, 0) is 11.6 Å². The van der Waals surface area contributed by atoms with Crippen LogP contribution in [-0.4, -0.2) is 36.7 Å². The Morgan fingerprint density at radius 1 is 1.17 bits per heavy atom. The van der Waals surface area contributed by atoms with E-state index in [1.807, 2.05) is 0 Å². The van der Waals surface area contributed by atoms with Crippen LogP contribution in [0.5, 0.6) is 0 Å². The van der Waals surface area contributed by atoms with Gasteiger partial charge < -0.3 is 19.9 Å². The second-order valence-electron chi connectivity index (χ2n) is 6.70. The molecule has 1 aliphatic rings. The molecule has 0 unspecified atom stereocenters. The van der Waals surface area contributed by atoms with Gasteiger partial charge in [-0.1, -0.05) is 48.5 Å². The van der Waals surface area contributed by atoms with Crippen LogP contribution in [0, 0.1) is 11.7 Å². The molecule has 1 fully saturated rings. The number of ether oxygens (including phenoxy) is 2. The Kier molecular flexibility index (Phi) is 6.09. The Hall–Kier alpha value is -2.65. The predicted molar refractivity (Wildman–Crippen MR) is 94.2 cm³/mol. The zero-order chi connectivity index (χ0) is 21.1. The Morgan fingerprint density at radius 3 is 2.45 bits per heavy atom. The number of aliphatic hydroxyl groups excluding tert-OH is 1. The van der Waals surface area contributed by atoms with Gasteiger partial charge in [0, 0.05) is 11.5 Å². The van der Waals surface area contributed by atoms with Crippen molar-refractivity contribution >= 4 is 6.09 Å². The number of carbonyl (C=O) groups excluding carboxylic acids is 1. The average Bonchev–Trinajstić information content (AvgIpc) is 3.07. The van der Waals surface area contributed by atoms with Gasteiger partial charge in [0.05, 0.1) is 13.2 Å². The summed E-state index contributed by atoms with van der Waals surface area (Å²) >= 11 is 0. The third kappa shape index (κ3) is 4.35. The van der Waals surface area contributed by atoms with E-state index in [0.29, 0.717) is 5.56 Å². The van der Waals surface area contributed by atoms with Crippen LogP contribution in [0.4, 0.5) is 22.4 Å². The van der Waals surface area contributed by atoms with E-state index >= 15 is 0 Å². The van der Waals surface area contributed by atoms with E-state index in [2.05, 4.69) is 5.32 Å². The van der Waals surface area contributed by atoms with Gasteiger partial charge in [0.1, 0.15) is 18.0 Å². The van der Waals surface area contributed by atoms with Crippen LogP contribution in [0.25, 0.3) is 0 Å². The van der Waals surface area contributed by atoms with Crippen LogP contribution in [0.3, 0.4) is 0 Å². The van der Waals surface area contributed by atoms with Crippen LogP contribution in [0.2, 0.25) is 0 Å². The summed E-state index contributed by atoms with van der Waals surface area (Å²) in [5.74, 6) is -2.50. The lowest BCUT2D eigenvalue weighted by atomic mass is 9.77. The lowest BCUT2D eigenvalue weighted by Gasteiger charge is -2.35. The molecule has 2 aromatic carbocycles. The number of rotatable bonds is 5. The summed E-state index contributed by atoms with van der Waals surface area (Å²) in [5, 5.41) is 12.1. The summed E-state index contributed by atoms with van der Waals surface area (Å²) in [4.78, 5) is 12.4. The Bertz CT molecular complexity index is 846. The van der Waals surface area contributed by atoms with Gasteiger partial charge in [-0.2, -0.15) is 13.2 Å². The summed E-state index contributed by atoms with van der Waals surface area (Å²) in [6.45, 7) is -1.80. The average molecular weight is 413 g/mol. The van der Waals surface area contributed by atoms with Gasteiger partial charge in [-0.3, -0.25) is 0 Å². The number of aliphatic hydroxyl groups is 1. The third-order valence-corrected chi connectivity index (χ3v) is 4.90. The van der Waals surface area contributed by atoms with Crippen molar-refractivity contribution in [2.45, 2.75) is 24.4 Å². The summed E-state index contributed by atoms with van der Waals surface area (Å²) in [5.41, 5.74) is -1.51. The molecule has 1 saturated heterocycles. The Balaban J connectivity index is 1.90. The number of halogens is 4. The molecule has 1 aliphatic heterocycles. The van der Waals surface area contributed by atoms with Crippen LogP contribution < -0.4 is 5.32 Å². The number of alkyl carbamates (subject to hydrolysis) is 1. The van der Waals surface area contributed by atoms with Gasteiger partial charge in [-0.25, -0.2) is 9.18 Å². The van der Waals surface area contributed by atoms with Crippen molar-refractivity contribution < 1.29 is 36.9 Å². The van der Waals surface area contributed by atoms with Gasteiger partial charge in [0.15, 0.2) is 6.10 Å². The maximum Gasteiger partial charge on any atom is 0.415 e. The SMILES string of the molecule is O=C(N[C@@]1(c2ccccc2F)CO[C@H](C(F)(F)F)[C@H]1CO)OCc1ccccc1. The fourth-order valence-corrected chi connectivity index (χ4v) is 3.51. The quantitative estimate of drug-likeness (QED) is 0.737. The molecular formula is C20H19F4NO4. The van der Waals surface area contributed by atoms with Crippen molar-refractivity contribution in [2.24, 2.45) is 5.92 Å². The number of carbonyl (C=O) groups is 1. The highest BCUT2D eigenvalue weighted by atomic mass is 19.4. The van der Waals surface area contributed by atoms with E-state index in [9.17, 15) is 27.5 Å². The molecular weight excluding hydrogens is 394 g/mol. The second-order valence-corrected chi connectivity index (χ2v) is 6.70. The van der Waals surface area contributed by atoms with Gasteiger partial charge in [-0.15, -0.1) is 0 Å². The lowest BCUT2D eigenvalue weighted by molar-refractivity contribution is -0.219.